The maximum Gasteiger partial charge on any atom is 0.296 e. The fraction of sp³-hybridized carbons (Fsp3) is 0.222. The van der Waals surface area contributed by atoms with Gasteiger partial charge >= 0.3 is 0 Å². The van der Waals surface area contributed by atoms with Crippen molar-refractivity contribution in [1.82, 2.24) is 15.2 Å². The summed E-state index contributed by atoms with van der Waals surface area (Å²) in [5.74, 6) is -1.44. The minimum Gasteiger partial charge on any atom is -0.504 e. The van der Waals surface area contributed by atoms with Gasteiger partial charge < -0.3 is 14.9 Å². The van der Waals surface area contributed by atoms with Crippen molar-refractivity contribution in [3.8, 4) is 11.5 Å². The van der Waals surface area contributed by atoms with E-state index in [2.05, 4.69) is 15.2 Å². The van der Waals surface area contributed by atoms with E-state index >= 15 is 0 Å². The van der Waals surface area contributed by atoms with Crippen LogP contribution in [0.2, 0.25) is 10.0 Å². The third-order valence-electron chi connectivity index (χ3n) is 6.13. The lowest BCUT2D eigenvalue weighted by atomic mass is 9.95. The van der Waals surface area contributed by atoms with E-state index in [1.165, 1.54) is 34.1 Å². The van der Waals surface area contributed by atoms with Gasteiger partial charge in [-0.25, -0.2) is 4.98 Å². The molecule has 2 aromatic carbocycles. The monoisotopic (exact) mass is 648 g/mol. The van der Waals surface area contributed by atoms with Crippen LogP contribution < -0.4 is 9.64 Å². The van der Waals surface area contributed by atoms with Crippen LogP contribution in [0.4, 0.5) is 5.13 Å². The summed E-state index contributed by atoms with van der Waals surface area (Å²) in [6.07, 6.45) is 0. The largest absolute Gasteiger partial charge is 0.504 e. The number of halogens is 2. The molecule has 3 heterocycles. The molecule has 1 unspecified atom stereocenters. The number of phenols is 1. The topological polar surface area (TPSA) is 126 Å². The fourth-order valence-corrected chi connectivity index (χ4v) is 7.62. The lowest BCUT2D eigenvalue weighted by molar-refractivity contribution is -0.117. The molecule has 0 bridgehead atoms. The Hall–Kier alpha value is -3.16. The van der Waals surface area contributed by atoms with Crippen molar-refractivity contribution in [2.24, 2.45) is 0 Å². The van der Waals surface area contributed by atoms with E-state index in [9.17, 15) is 19.8 Å². The average Bonchev–Trinajstić information content (AvgIpc) is 3.60. The number of aromatic hydroxyl groups is 1. The van der Waals surface area contributed by atoms with Crippen LogP contribution in [0.15, 0.2) is 52.1 Å². The van der Waals surface area contributed by atoms with Gasteiger partial charge in [-0.15, -0.1) is 21.5 Å². The number of nitrogens with zero attached hydrogens (tertiary/aromatic N) is 4. The number of ketones is 1. The van der Waals surface area contributed by atoms with Gasteiger partial charge in [0.05, 0.1) is 33.8 Å². The molecule has 1 atom stereocenters. The first-order chi connectivity index (χ1) is 19.6. The summed E-state index contributed by atoms with van der Waals surface area (Å²) in [4.78, 5) is 33.3. The smallest absolute Gasteiger partial charge is 0.296 e. The van der Waals surface area contributed by atoms with Gasteiger partial charge in [0.2, 0.25) is 10.9 Å². The van der Waals surface area contributed by atoms with Gasteiger partial charge in [-0.3, -0.25) is 14.5 Å². The zero-order chi connectivity index (χ0) is 29.4. The number of thioether (sulfide) groups is 1. The van der Waals surface area contributed by atoms with Crippen molar-refractivity contribution in [1.29, 1.82) is 0 Å². The molecular weight excluding hydrogens is 627 g/mol. The number of rotatable bonds is 9. The molecule has 14 heteroatoms. The van der Waals surface area contributed by atoms with Crippen LogP contribution in [0.1, 0.15) is 44.5 Å². The SMILES string of the molecule is CCOc1cc(C2C(C(=O)c3sc(C)nc3C)=C(O)C(=O)N2c2nnc(SCc3ccc(Cl)cc3Cl)s2)ccc1O. The molecule has 0 saturated heterocycles. The zero-order valence-corrected chi connectivity index (χ0v) is 25.8. The molecule has 1 aliphatic heterocycles. The summed E-state index contributed by atoms with van der Waals surface area (Å²) >= 11 is 16.0. The molecule has 41 heavy (non-hydrogen) atoms. The van der Waals surface area contributed by atoms with Gasteiger partial charge in [0.15, 0.2) is 21.6 Å². The minimum atomic E-state index is -1.06. The fourth-order valence-electron chi connectivity index (χ4n) is 4.32. The first kappa shape index (κ1) is 29.3. The summed E-state index contributed by atoms with van der Waals surface area (Å²) in [5, 5.41) is 31.8. The van der Waals surface area contributed by atoms with Crippen molar-refractivity contribution < 1.29 is 24.5 Å². The van der Waals surface area contributed by atoms with Crippen LogP contribution in [0.25, 0.3) is 0 Å². The summed E-state index contributed by atoms with van der Waals surface area (Å²) in [6, 6.07) is 8.69. The number of benzene rings is 2. The van der Waals surface area contributed by atoms with Crippen LogP contribution in [-0.2, 0) is 10.5 Å². The van der Waals surface area contributed by atoms with E-state index < -0.39 is 23.5 Å². The molecule has 9 nitrogen and oxygen atoms in total. The third kappa shape index (κ3) is 5.80. The standard InChI is InChI=1S/C27H22Cl2N4O5S3/c1-4-38-19-9-14(6-8-18(19)34)21-20(22(35)24-12(2)30-13(3)40-24)23(36)25(37)33(21)26-31-32-27(41-26)39-11-15-5-7-16(28)10-17(15)29/h5-10,21,34,36H,4,11H2,1-3H3. The summed E-state index contributed by atoms with van der Waals surface area (Å²) < 4.78 is 6.10. The number of amides is 1. The molecule has 5 rings (SSSR count). The molecule has 0 aliphatic carbocycles. The quantitative estimate of drug-likeness (QED) is 0.111. The Morgan fingerprint density at radius 1 is 1.12 bits per heavy atom. The minimum absolute atomic E-state index is 0.100. The highest BCUT2D eigenvalue weighted by Crippen LogP contribution is 2.46. The Labute approximate surface area is 257 Å². The third-order valence-corrected chi connectivity index (χ3v) is 9.89. The highest BCUT2D eigenvalue weighted by Gasteiger charge is 2.47. The maximum atomic E-state index is 13.8. The van der Waals surface area contributed by atoms with Crippen LogP contribution in [0.5, 0.6) is 11.5 Å². The molecule has 2 N–H and O–H groups in total. The Kier molecular flexibility index (Phi) is 8.57. The second-order valence-corrected chi connectivity index (χ2v) is 13.1. The van der Waals surface area contributed by atoms with E-state index in [0.29, 0.717) is 41.3 Å². The molecule has 1 aliphatic rings. The molecule has 0 spiro atoms. The molecular formula is C27H22Cl2N4O5S3. The Morgan fingerprint density at radius 3 is 2.59 bits per heavy atom. The predicted molar refractivity (Wildman–Crippen MR) is 161 cm³/mol. The van der Waals surface area contributed by atoms with Gasteiger partial charge in [-0.05, 0) is 56.2 Å². The lowest BCUT2D eigenvalue weighted by Gasteiger charge is -2.24. The van der Waals surface area contributed by atoms with Gasteiger partial charge in [-0.2, -0.15) is 0 Å². The van der Waals surface area contributed by atoms with Crippen LogP contribution in [0.3, 0.4) is 0 Å². The van der Waals surface area contributed by atoms with Gasteiger partial charge in [0, 0.05) is 15.8 Å². The van der Waals surface area contributed by atoms with E-state index in [4.69, 9.17) is 27.9 Å². The number of hydrogen-bond acceptors (Lipinski definition) is 11. The first-order valence-electron chi connectivity index (χ1n) is 12.2. The van der Waals surface area contributed by atoms with E-state index in [0.717, 1.165) is 16.9 Å². The Balaban J connectivity index is 1.54. The number of carbonyl (C=O) groups excluding carboxylic acids is 2. The van der Waals surface area contributed by atoms with Gasteiger partial charge in [-0.1, -0.05) is 58.4 Å². The number of Topliss-reactive ketones (excluding diaryl/α,β-unsaturated/α-hetero) is 1. The highest BCUT2D eigenvalue weighted by molar-refractivity contribution is 8.00. The number of anilines is 1. The number of carbonyl (C=O) groups is 2. The highest BCUT2D eigenvalue weighted by atomic mass is 35.5. The number of thiazole rings is 1. The normalized spacial score (nSPS) is 15.2. The van der Waals surface area contributed by atoms with Crippen molar-refractivity contribution in [3.05, 3.63) is 84.5 Å². The van der Waals surface area contributed by atoms with Crippen LogP contribution in [-0.4, -0.2) is 43.7 Å². The second kappa shape index (κ2) is 12.0. The number of aryl methyl sites for hydroxylation is 2. The van der Waals surface area contributed by atoms with Gasteiger partial charge in [0.1, 0.15) is 0 Å². The lowest BCUT2D eigenvalue weighted by Crippen LogP contribution is -2.31. The number of hydrogen-bond donors (Lipinski definition) is 2. The molecule has 0 saturated carbocycles. The second-order valence-electron chi connectivity index (χ2n) is 8.85. The number of aliphatic hydroxyl groups is 1. The Morgan fingerprint density at radius 2 is 1.90 bits per heavy atom. The molecule has 0 fully saturated rings. The number of phenolic OH excluding ortho intramolecular Hbond substituents is 1. The van der Waals surface area contributed by atoms with Gasteiger partial charge in [0.25, 0.3) is 5.91 Å². The Bertz CT molecular complexity index is 1700. The van der Waals surface area contributed by atoms with Crippen molar-refractivity contribution >= 4 is 74.5 Å². The molecule has 4 aromatic rings. The predicted octanol–water partition coefficient (Wildman–Crippen LogP) is 7.10. The number of aliphatic hydroxyl groups excluding tert-OH is 1. The molecule has 1 amide bonds. The number of aromatic nitrogens is 3. The van der Waals surface area contributed by atoms with E-state index in [1.54, 1.807) is 45.0 Å². The van der Waals surface area contributed by atoms with Crippen molar-refractivity contribution in [3.63, 3.8) is 0 Å². The molecule has 212 valence electrons. The first-order valence-corrected chi connectivity index (χ1v) is 15.6. The molecule has 2 aromatic heterocycles. The van der Waals surface area contributed by atoms with Crippen molar-refractivity contribution in [2.75, 3.05) is 11.5 Å². The van der Waals surface area contributed by atoms with E-state index in [-0.39, 0.29) is 28.8 Å². The summed E-state index contributed by atoms with van der Waals surface area (Å²) in [6.45, 7) is 5.53. The van der Waals surface area contributed by atoms with E-state index in [1.807, 2.05) is 6.07 Å². The average molecular weight is 650 g/mol. The zero-order valence-electron chi connectivity index (χ0n) is 21.8. The van der Waals surface area contributed by atoms with Crippen molar-refractivity contribution in [2.45, 2.75) is 36.9 Å². The summed E-state index contributed by atoms with van der Waals surface area (Å²) in [5.41, 5.74) is 1.66. The maximum absolute atomic E-state index is 13.8. The number of ether oxygens (including phenoxy) is 1. The van der Waals surface area contributed by atoms with Crippen LogP contribution >= 0.6 is 57.6 Å². The van der Waals surface area contributed by atoms with Crippen LogP contribution in [0, 0.1) is 13.8 Å². The summed E-state index contributed by atoms with van der Waals surface area (Å²) in [7, 11) is 0. The molecule has 0 radical (unpaired) electrons.